The van der Waals surface area contributed by atoms with Crippen LogP contribution in [0.25, 0.3) is 6.08 Å². The lowest BCUT2D eigenvalue weighted by molar-refractivity contribution is -0.123. The first-order chi connectivity index (χ1) is 16.4. The van der Waals surface area contributed by atoms with Crippen LogP contribution >= 0.6 is 50.9 Å². The smallest absolute Gasteiger partial charge is 0.293 e. The van der Waals surface area contributed by atoms with E-state index in [1.807, 2.05) is 30.3 Å². The fourth-order valence-electron chi connectivity index (χ4n) is 3.18. The van der Waals surface area contributed by atoms with Gasteiger partial charge in [0.15, 0.2) is 0 Å². The third kappa shape index (κ3) is 5.96. The van der Waals surface area contributed by atoms with Crippen LogP contribution in [0, 0.1) is 0 Å². The van der Waals surface area contributed by atoms with Crippen LogP contribution < -0.4 is 9.47 Å². The van der Waals surface area contributed by atoms with Gasteiger partial charge in [-0.05, 0) is 54.2 Å². The Morgan fingerprint density at radius 3 is 2.41 bits per heavy atom. The van der Waals surface area contributed by atoms with E-state index in [2.05, 4.69) is 15.9 Å². The highest BCUT2D eigenvalue weighted by molar-refractivity contribution is 9.10. The lowest BCUT2D eigenvalue weighted by Crippen LogP contribution is -2.32. The molecule has 1 aliphatic heterocycles. The number of carbonyl (C=O) groups is 2. The molecule has 3 aromatic rings. The van der Waals surface area contributed by atoms with Gasteiger partial charge in [-0.1, -0.05) is 69.5 Å². The Morgan fingerprint density at radius 2 is 1.65 bits per heavy atom. The van der Waals surface area contributed by atoms with Gasteiger partial charge >= 0.3 is 0 Å². The monoisotopic (exact) mass is 577 g/mol. The molecule has 1 heterocycles. The van der Waals surface area contributed by atoms with Crippen LogP contribution in [0.2, 0.25) is 10.0 Å². The zero-order valence-corrected chi connectivity index (χ0v) is 21.6. The molecule has 1 aliphatic rings. The Balaban J connectivity index is 1.46. The maximum absolute atomic E-state index is 12.9. The van der Waals surface area contributed by atoms with Crippen molar-refractivity contribution in [1.29, 1.82) is 0 Å². The van der Waals surface area contributed by atoms with Crippen LogP contribution in [0.15, 0.2) is 76.1 Å². The normalized spacial score (nSPS) is 14.7. The molecule has 0 aliphatic carbocycles. The highest BCUT2D eigenvalue weighted by atomic mass is 79.9. The van der Waals surface area contributed by atoms with Gasteiger partial charge in [0.1, 0.15) is 24.7 Å². The largest absolute Gasteiger partial charge is 0.490 e. The van der Waals surface area contributed by atoms with Crippen molar-refractivity contribution in [2.45, 2.75) is 6.61 Å². The van der Waals surface area contributed by atoms with Gasteiger partial charge in [0.2, 0.25) is 0 Å². The van der Waals surface area contributed by atoms with Crippen LogP contribution in [0.5, 0.6) is 11.5 Å². The second kappa shape index (κ2) is 11.3. The van der Waals surface area contributed by atoms with E-state index >= 15 is 0 Å². The van der Waals surface area contributed by atoms with Gasteiger partial charge in [0.25, 0.3) is 11.1 Å². The Labute approximate surface area is 219 Å². The minimum absolute atomic E-state index is 0.113. The number of thioether (sulfide) groups is 1. The molecule has 9 heteroatoms. The number of amides is 2. The molecule has 1 saturated heterocycles. The van der Waals surface area contributed by atoms with Crippen molar-refractivity contribution in [3.8, 4) is 11.5 Å². The molecule has 5 nitrogen and oxygen atoms in total. The summed E-state index contributed by atoms with van der Waals surface area (Å²) in [5, 5.41) is 0.726. The summed E-state index contributed by atoms with van der Waals surface area (Å²) in [4.78, 5) is 26.9. The Bertz CT molecular complexity index is 1270. The van der Waals surface area contributed by atoms with Crippen molar-refractivity contribution in [2.24, 2.45) is 0 Å². The molecule has 4 rings (SSSR count). The summed E-state index contributed by atoms with van der Waals surface area (Å²) in [6.07, 6.45) is 1.66. The molecule has 2 amide bonds. The van der Waals surface area contributed by atoms with E-state index in [1.54, 1.807) is 42.5 Å². The molecular formula is C25H18BrCl2NO4S. The number of rotatable bonds is 8. The molecule has 0 unspecified atom stereocenters. The molecule has 0 radical (unpaired) electrons. The van der Waals surface area contributed by atoms with E-state index in [0.29, 0.717) is 32.0 Å². The van der Waals surface area contributed by atoms with Crippen molar-refractivity contribution < 1.29 is 19.1 Å². The van der Waals surface area contributed by atoms with Gasteiger partial charge in [-0.15, -0.1) is 0 Å². The van der Waals surface area contributed by atoms with E-state index in [9.17, 15) is 9.59 Å². The summed E-state index contributed by atoms with van der Waals surface area (Å²) in [5.41, 5.74) is 1.51. The van der Waals surface area contributed by atoms with Crippen molar-refractivity contribution in [3.63, 3.8) is 0 Å². The molecule has 174 valence electrons. The van der Waals surface area contributed by atoms with Gasteiger partial charge in [-0.2, -0.15) is 0 Å². The molecule has 0 saturated carbocycles. The quantitative estimate of drug-likeness (QED) is 0.260. The van der Waals surface area contributed by atoms with Gasteiger partial charge < -0.3 is 9.47 Å². The second-order valence-electron chi connectivity index (χ2n) is 7.17. The third-order valence-corrected chi connectivity index (χ3v) is 6.96. The average molecular weight is 579 g/mol. The number of hydrogen-bond acceptors (Lipinski definition) is 5. The second-order valence-corrected chi connectivity index (χ2v) is 9.90. The maximum Gasteiger partial charge on any atom is 0.293 e. The Kier molecular flexibility index (Phi) is 8.21. The molecule has 0 aromatic heterocycles. The number of ether oxygens (including phenoxy) is 2. The van der Waals surface area contributed by atoms with E-state index < -0.39 is 0 Å². The number of carbonyl (C=O) groups excluding carboxylic acids is 2. The summed E-state index contributed by atoms with van der Waals surface area (Å²) in [7, 11) is 0. The van der Waals surface area contributed by atoms with Crippen LogP contribution in [-0.2, 0) is 11.4 Å². The summed E-state index contributed by atoms with van der Waals surface area (Å²) in [6, 6.07) is 19.9. The number of benzene rings is 3. The topological polar surface area (TPSA) is 55.8 Å². The molecule has 3 aromatic carbocycles. The molecule has 0 bridgehead atoms. The summed E-state index contributed by atoms with van der Waals surface area (Å²) >= 11 is 16.6. The first-order valence-electron chi connectivity index (χ1n) is 10.2. The van der Waals surface area contributed by atoms with Crippen LogP contribution in [0.4, 0.5) is 4.79 Å². The molecule has 0 atom stereocenters. The number of halogens is 3. The molecule has 0 spiro atoms. The van der Waals surface area contributed by atoms with E-state index in [-0.39, 0.29) is 30.9 Å². The van der Waals surface area contributed by atoms with E-state index in [0.717, 1.165) is 26.7 Å². The fourth-order valence-corrected chi connectivity index (χ4v) is 4.79. The summed E-state index contributed by atoms with van der Waals surface area (Å²) in [6.45, 7) is 0.517. The van der Waals surface area contributed by atoms with Crippen molar-refractivity contribution in [1.82, 2.24) is 4.90 Å². The molecule has 1 fully saturated rings. The predicted octanol–water partition coefficient (Wildman–Crippen LogP) is 7.45. The lowest BCUT2D eigenvalue weighted by atomic mass is 10.1. The zero-order chi connectivity index (χ0) is 24.1. The number of nitrogens with zero attached hydrogens (tertiary/aromatic N) is 1. The van der Waals surface area contributed by atoms with Crippen molar-refractivity contribution in [3.05, 3.63) is 97.3 Å². The zero-order valence-electron chi connectivity index (χ0n) is 17.7. The summed E-state index contributed by atoms with van der Waals surface area (Å²) in [5.74, 6) is 0.688. The van der Waals surface area contributed by atoms with Gasteiger partial charge in [-0.25, -0.2) is 0 Å². The highest BCUT2D eigenvalue weighted by Gasteiger charge is 2.35. The first-order valence-corrected chi connectivity index (χ1v) is 12.6. The minimum Gasteiger partial charge on any atom is -0.490 e. The molecule has 0 N–H and O–H groups in total. The number of imide groups is 1. The Hall–Kier alpha value is -2.45. The van der Waals surface area contributed by atoms with E-state index in [1.165, 1.54) is 0 Å². The first kappa shape index (κ1) is 24.7. The SMILES string of the molecule is O=C1S/C(=C\c2cc(Br)ccc2OCc2ccccc2Cl)C(=O)N1CCOc1ccccc1Cl. The van der Waals surface area contributed by atoms with Gasteiger partial charge in [-0.3, -0.25) is 14.5 Å². The lowest BCUT2D eigenvalue weighted by Gasteiger charge is -2.14. The standard InChI is InChI=1S/C25H18BrCl2NO4S/c26-18-9-10-21(33-15-16-5-1-2-6-19(16)27)17(13-18)14-23-24(30)29(25(31)34-23)11-12-32-22-8-4-3-7-20(22)28/h1-10,13-14H,11-12,15H2/b23-14-. The van der Waals surface area contributed by atoms with Crippen LogP contribution in [-0.4, -0.2) is 29.2 Å². The fraction of sp³-hybridized carbons (Fsp3) is 0.120. The highest BCUT2D eigenvalue weighted by Crippen LogP contribution is 2.35. The van der Waals surface area contributed by atoms with Crippen LogP contribution in [0.3, 0.4) is 0 Å². The Morgan fingerprint density at radius 1 is 0.912 bits per heavy atom. The van der Waals surface area contributed by atoms with Gasteiger partial charge in [0, 0.05) is 20.6 Å². The van der Waals surface area contributed by atoms with E-state index in [4.69, 9.17) is 32.7 Å². The minimum atomic E-state index is -0.380. The predicted molar refractivity (Wildman–Crippen MR) is 140 cm³/mol. The maximum atomic E-state index is 12.9. The van der Waals surface area contributed by atoms with Crippen LogP contribution in [0.1, 0.15) is 11.1 Å². The molecule has 34 heavy (non-hydrogen) atoms. The van der Waals surface area contributed by atoms with Crippen molar-refractivity contribution in [2.75, 3.05) is 13.2 Å². The molecular weight excluding hydrogens is 561 g/mol. The van der Waals surface area contributed by atoms with Gasteiger partial charge in [0.05, 0.1) is 16.5 Å². The third-order valence-electron chi connectivity index (χ3n) is 4.88. The summed E-state index contributed by atoms with van der Waals surface area (Å²) < 4.78 is 12.4. The van der Waals surface area contributed by atoms with Crippen molar-refractivity contribution >= 4 is 68.1 Å². The number of para-hydroxylation sites is 1. The average Bonchev–Trinajstić information content (AvgIpc) is 3.08. The number of hydrogen-bond donors (Lipinski definition) is 0.